The first-order valence-corrected chi connectivity index (χ1v) is 10.0. The smallest absolute Gasteiger partial charge is 0.326 e. The summed E-state index contributed by atoms with van der Waals surface area (Å²) in [6, 6.07) is 1.25. The highest BCUT2D eigenvalue weighted by Gasteiger charge is 2.43. The molecule has 11 heteroatoms. The molecular weight excluding hydrogens is 416 g/mol. The zero-order valence-corrected chi connectivity index (χ0v) is 17.2. The summed E-state index contributed by atoms with van der Waals surface area (Å²) in [5.41, 5.74) is 11.7. The third-order valence-corrected chi connectivity index (χ3v) is 5.41. The van der Waals surface area contributed by atoms with E-state index < -0.39 is 35.9 Å². The molecule has 2 amide bonds. The van der Waals surface area contributed by atoms with Crippen LogP contribution in [0.25, 0.3) is 0 Å². The van der Waals surface area contributed by atoms with Crippen LogP contribution in [0.15, 0.2) is 18.2 Å². The second kappa shape index (κ2) is 10.6. The Morgan fingerprint density at radius 2 is 2.00 bits per heavy atom. The number of halogens is 1. The Morgan fingerprint density at radius 1 is 1.30 bits per heavy atom. The molecule has 10 nitrogen and oxygen atoms in total. The van der Waals surface area contributed by atoms with Crippen LogP contribution in [0.2, 0.25) is 5.02 Å². The number of aliphatic carboxylic acids is 1. The molecule has 0 unspecified atom stereocenters. The fraction of sp³-hybridized carbons (Fsp3) is 0.526. The average Bonchev–Trinajstić information content (AvgIpc) is 3.15. The van der Waals surface area contributed by atoms with Gasteiger partial charge in [0.15, 0.2) is 0 Å². The molecule has 7 N–H and O–H groups in total. The number of amides is 2. The maximum absolute atomic E-state index is 12.7. The number of likely N-dealkylation sites (tertiary alicyclic amines) is 1. The van der Waals surface area contributed by atoms with Crippen LogP contribution in [0.4, 0.5) is 0 Å². The van der Waals surface area contributed by atoms with Gasteiger partial charge in [-0.1, -0.05) is 24.1 Å². The molecule has 0 radical (unpaired) electrons. The Kier molecular flexibility index (Phi) is 8.42. The lowest BCUT2D eigenvalue weighted by Gasteiger charge is -2.25. The van der Waals surface area contributed by atoms with Crippen molar-refractivity contribution < 1.29 is 29.8 Å². The van der Waals surface area contributed by atoms with E-state index in [9.17, 15) is 29.8 Å². The molecule has 0 aliphatic carbocycles. The van der Waals surface area contributed by atoms with Crippen LogP contribution in [0.5, 0.6) is 5.75 Å². The number of nitrogens with zero attached hydrogens (tertiary/aromatic N) is 2. The van der Waals surface area contributed by atoms with E-state index in [1.807, 2.05) is 0 Å². The molecule has 30 heavy (non-hydrogen) atoms. The third kappa shape index (κ3) is 5.82. The van der Waals surface area contributed by atoms with Crippen molar-refractivity contribution in [3.63, 3.8) is 0 Å². The van der Waals surface area contributed by atoms with Crippen LogP contribution >= 0.6 is 11.6 Å². The zero-order chi connectivity index (χ0) is 22.4. The van der Waals surface area contributed by atoms with Gasteiger partial charge in [-0.3, -0.25) is 14.8 Å². The van der Waals surface area contributed by atoms with Crippen molar-refractivity contribution in [2.75, 3.05) is 13.1 Å². The van der Waals surface area contributed by atoms with E-state index in [0.29, 0.717) is 36.4 Å². The first-order chi connectivity index (χ1) is 14.1. The first-order valence-electron chi connectivity index (χ1n) is 9.63. The lowest BCUT2D eigenvalue weighted by molar-refractivity contribution is -0.176. The maximum Gasteiger partial charge on any atom is 0.326 e. The van der Waals surface area contributed by atoms with E-state index >= 15 is 0 Å². The normalized spacial score (nSPS) is 19.5. The quantitative estimate of drug-likeness (QED) is 0.206. The Bertz CT molecular complexity index is 792. The van der Waals surface area contributed by atoms with Gasteiger partial charge < -0.3 is 26.6 Å². The largest absolute Gasteiger partial charge is 0.506 e. The van der Waals surface area contributed by atoms with Crippen molar-refractivity contribution in [3.05, 3.63) is 28.8 Å². The number of carboxylic acid groups (broad SMARTS) is 1. The molecular formula is C19H27ClN4O6. The fourth-order valence-electron chi connectivity index (χ4n) is 3.42. The molecule has 1 aromatic rings. The zero-order valence-electron chi connectivity index (χ0n) is 16.4. The predicted molar refractivity (Wildman–Crippen MR) is 108 cm³/mol. The van der Waals surface area contributed by atoms with Gasteiger partial charge in [0.2, 0.25) is 5.91 Å². The number of unbranched alkanes of at least 4 members (excludes halogenated alkanes) is 1. The number of rotatable bonds is 9. The molecule has 166 valence electrons. The summed E-state index contributed by atoms with van der Waals surface area (Å²) >= 11 is 5.85. The van der Waals surface area contributed by atoms with Gasteiger partial charge in [0, 0.05) is 13.0 Å². The minimum absolute atomic E-state index is 0.0742. The van der Waals surface area contributed by atoms with Crippen LogP contribution in [0.1, 0.15) is 31.2 Å². The lowest BCUT2D eigenvalue weighted by Crippen LogP contribution is -2.48. The first kappa shape index (κ1) is 23.9. The molecule has 1 heterocycles. The summed E-state index contributed by atoms with van der Waals surface area (Å²) in [5.74, 6) is -2.59. The number of hydrogen-bond acceptors (Lipinski definition) is 7. The number of nitrogens with two attached hydrogens (primary N) is 2. The maximum atomic E-state index is 12.7. The Morgan fingerprint density at radius 3 is 2.60 bits per heavy atom. The number of phenols is 1. The Labute approximate surface area is 178 Å². The van der Waals surface area contributed by atoms with E-state index in [2.05, 4.69) is 0 Å². The molecule has 2 rings (SSSR count). The van der Waals surface area contributed by atoms with Gasteiger partial charge in [-0.25, -0.2) is 9.86 Å². The molecule has 1 fully saturated rings. The molecule has 0 aromatic heterocycles. The molecule has 1 aliphatic heterocycles. The van der Waals surface area contributed by atoms with Gasteiger partial charge in [0.05, 0.1) is 23.5 Å². The molecule has 0 saturated carbocycles. The number of hydrogen-bond donors (Lipinski definition) is 5. The van der Waals surface area contributed by atoms with Crippen LogP contribution in [0.3, 0.4) is 0 Å². The van der Waals surface area contributed by atoms with E-state index in [0.717, 1.165) is 4.90 Å². The van der Waals surface area contributed by atoms with E-state index in [1.165, 1.54) is 18.2 Å². The average molecular weight is 443 g/mol. The summed E-state index contributed by atoms with van der Waals surface area (Å²) in [6.07, 6.45) is 1.40. The number of carboxylic acids is 1. The highest BCUT2D eigenvalue weighted by Crippen LogP contribution is 2.26. The summed E-state index contributed by atoms with van der Waals surface area (Å²) in [5, 5.41) is 29.8. The number of carbonyl (C=O) groups is 3. The number of phenolic OH excluding ortho intramolecular Hbond substituents is 1. The van der Waals surface area contributed by atoms with Crippen molar-refractivity contribution in [1.82, 2.24) is 9.96 Å². The van der Waals surface area contributed by atoms with Gasteiger partial charge in [-0.15, -0.1) is 0 Å². The van der Waals surface area contributed by atoms with E-state index in [1.54, 1.807) is 0 Å². The summed E-state index contributed by atoms with van der Waals surface area (Å²) < 4.78 is 0. The number of aromatic hydroxyl groups is 1. The molecule has 1 saturated heterocycles. The van der Waals surface area contributed by atoms with Crippen LogP contribution in [-0.2, 0) is 20.8 Å². The molecule has 0 bridgehead atoms. The minimum Gasteiger partial charge on any atom is -0.506 e. The number of carbonyl (C=O) groups excluding carboxylic acids is 2. The van der Waals surface area contributed by atoms with E-state index in [4.69, 9.17) is 23.1 Å². The van der Waals surface area contributed by atoms with Crippen molar-refractivity contribution >= 4 is 29.4 Å². The molecule has 1 aromatic carbocycles. The van der Waals surface area contributed by atoms with Crippen molar-refractivity contribution in [3.8, 4) is 5.75 Å². The highest BCUT2D eigenvalue weighted by molar-refractivity contribution is 6.32. The summed E-state index contributed by atoms with van der Waals surface area (Å²) in [7, 11) is 0. The fourth-order valence-corrected chi connectivity index (χ4v) is 3.62. The van der Waals surface area contributed by atoms with Gasteiger partial charge >= 0.3 is 5.97 Å². The Hall–Kier alpha value is -2.40. The van der Waals surface area contributed by atoms with Gasteiger partial charge in [0.1, 0.15) is 11.8 Å². The van der Waals surface area contributed by atoms with Gasteiger partial charge in [0.25, 0.3) is 5.91 Å². The van der Waals surface area contributed by atoms with Crippen molar-refractivity contribution in [1.29, 1.82) is 0 Å². The second-order valence-electron chi connectivity index (χ2n) is 7.33. The minimum atomic E-state index is -1.23. The van der Waals surface area contributed by atoms with Crippen molar-refractivity contribution in [2.24, 2.45) is 11.5 Å². The SMILES string of the molecule is NCCCC[C@H](N)C(=O)N(O)[C@@H]1C[C@@H](C(=O)O)N(C(=O)Cc2ccc(O)c(Cl)c2)C1. The summed E-state index contributed by atoms with van der Waals surface area (Å²) in [4.78, 5) is 37.8. The molecule has 0 spiro atoms. The van der Waals surface area contributed by atoms with E-state index in [-0.39, 0.29) is 30.2 Å². The Balaban J connectivity index is 2.06. The van der Waals surface area contributed by atoms with Crippen LogP contribution < -0.4 is 11.5 Å². The topological polar surface area (TPSA) is 170 Å². The van der Waals surface area contributed by atoms with Crippen molar-refractivity contribution in [2.45, 2.75) is 50.2 Å². The van der Waals surface area contributed by atoms with Crippen LogP contribution in [0, 0.1) is 0 Å². The number of hydroxylamine groups is 2. The summed E-state index contributed by atoms with van der Waals surface area (Å²) in [6.45, 7) is 0.329. The molecule has 1 aliphatic rings. The van der Waals surface area contributed by atoms with Crippen LogP contribution in [-0.4, -0.2) is 74.4 Å². The second-order valence-corrected chi connectivity index (χ2v) is 7.73. The molecule has 3 atom stereocenters. The monoisotopic (exact) mass is 442 g/mol. The highest BCUT2D eigenvalue weighted by atomic mass is 35.5. The number of benzene rings is 1. The van der Waals surface area contributed by atoms with Gasteiger partial charge in [-0.2, -0.15) is 0 Å². The third-order valence-electron chi connectivity index (χ3n) is 5.11. The lowest BCUT2D eigenvalue weighted by atomic mass is 10.1. The predicted octanol–water partition coefficient (Wildman–Crippen LogP) is 0.316. The van der Waals surface area contributed by atoms with Gasteiger partial charge in [-0.05, 0) is 37.1 Å². The standard InChI is InChI=1S/C19H27ClN4O6/c20-13-7-11(4-5-16(13)25)8-17(26)23-10-12(9-15(23)19(28)29)24(30)18(27)14(22)3-1-2-6-21/h4-5,7,12,14-15,25,30H,1-3,6,8-10,21-22H2,(H,28,29)/t12-,14+,15+/m1/s1.